The molecule has 1 saturated heterocycles. The monoisotopic (exact) mass is 358 g/mol. The van der Waals surface area contributed by atoms with Crippen molar-refractivity contribution in [2.75, 3.05) is 13.2 Å². The second-order valence-electron chi connectivity index (χ2n) is 8.14. The summed E-state index contributed by atoms with van der Waals surface area (Å²) in [6.07, 6.45) is 3.61. The fraction of sp³-hybridized carbons (Fsp3) is 0.619. The molecule has 0 aromatic heterocycles. The largest absolute Gasteiger partial charge is 0.354 e. The second kappa shape index (κ2) is 7.78. The van der Waals surface area contributed by atoms with E-state index < -0.39 is 11.8 Å². The van der Waals surface area contributed by atoms with Gasteiger partial charge in [0.15, 0.2) is 0 Å². The van der Waals surface area contributed by atoms with Gasteiger partial charge in [0, 0.05) is 12.1 Å². The number of carbonyl (C=O) groups excluding carboxylic acids is 2. The number of benzene rings is 1. The number of nitrogens with zero attached hydrogens (tertiary/aromatic N) is 1. The zero-order valence-corrected chi connectivity index (χ0v) is 16.0. The predicted molar refractivity (Wildman–Crippen MR) is 101 cm³/mol. The molecule has 142 valence electrons. The van der Waals surface area contributed by atoms with Gasteiger partial charge in [-0.3, -0.25) is 14.5 Å². The summed E-state index contributed by atoms with van der Waals surface area (Å²) in [6, 6.07) is 8.66. The lowest BCUT2D eigenvalue weighted by atomic mass is 9.83. The summed E-state index contributed by atoms with van der Waals surface area (Å²) in [5.41, 5.74) is -0.0307. The summed E-state index contributed by atoms with van der Waals surface area (Å²) in [5.74, 6) is 0.775. The molecule has 5 heteroatoms. The molecule has 2 fully saturated rings. The van der Waals surface area contributed by atoms with E-state index in [1.165, 1.54) is 0 Å². The normalized spacial score (nSPS) is 28.5. The van der Waals surface area contributed by atoms with Crippen molar-refractivity contribution in [1.82, 2.24) is 10.2 Å². The Morgan fingerprint density at radius 1 is 1.23 bits per heavy atom. The summed E-state index contributed by atoms with van der Waals surface area (Å²) < 4.78 is 6.17. The van der Waals surface area contributed by atoms with Gasteiger partial charge < -0.3 is 10.1 Å². The Kier molecular flexibility index (Phi) is 5.66. The molecular weight excluding hydrogens is 328 g/mol. The number of rotatable bonds is 4. The van der Waals surface area contributed by atoms with Crippen molar-refractivity contribution in [2.45, 2.75) is 58.2 Å². The van der Waals surface area contributed by atoms with Crippen LogP contribution in [0.25, 0.3) is 0 Å². The second-order valence-corrected chi connectivity index (χ2v) is 8.14. The van der Waals surface area contributed by atoms with E-state index in [9.17, 15) is 9.59 Å². The van der Waals surface area contributed by atoms with Crippen LogP contribution in [-0.4, -0.2) is 41.6 Å². The van der Waals surface area contributed by atoms with Crippen LogP contribution < -0.4 is 5.32 Å². The highest BCUT2D eigenvalue weighted by atomic mass is 16.5. The summed E-state index contributed by atoms with van der Waals surface area (Å²) in [5, 5.41) is 2.98. The van der Waals surface area contributed by atoms with Crippen molar-refractivity contribution >= 4 is 11.8 Å². The Bertz CT molecular complexity index is 636. The molecule has 1 saturated carbocycles. The van der Waals surface area contributed by atoms with Gasteiger partial charge >= 0.3 is 0 Å². The predicted octanol–water partition coefficient (Wildman–Crippen LogP) is 3.21. The minimum absolute atomic E-state index is 0.109. The SMILES string of the molecule is CC(C)CNC(=O)C1COC2(CCC(C)CC2)N1C(=O)c1ccccc1. The number of carbonyl (C=O) groups is 2. The van der Waals surface area contributed by atoms with Crippen LogP contribution in [0.1, 0.15) is 56.8 Å². The molecule has 0 radical (unpaired) electrons. The molecular formula is C21H30N2O3. The molecule has 0 bridgehead atoms. The highest BCUT2D eigenvalue weighted by Gasteiger charge is 2.53. The molecule has 1 aromatic carbocycles. The van der Waals surface area contributed by atoms with E-state index in [-0.39, 0.29) is 18.4 Å². The van der Waals surface area contributed by atoms with Crippen LogP contribution in [0, 0.1) is 11.8 Å². The van der Waals surface area contributed by atoms with Gasteiger partial charge in [-0.2, -0.15) is 0 Å². The number of nitrogens with one attached hydrogen (secondary N) is 1. The third kappa shape index (κ3) is 3.78. The minimum atomic E-state index is -0.640. The molecule has 1 N–H and O–H groups in total. The molecule has 1 aromatic rings. The molecule has 1 unspecified atom stereocenters. The number of hydrogen-bond donors (Lipinski definition) is 1. The van der Waals surface area contributed by atoms with Crippen LogP contribution >= 0.6 is 0 Å². The zero-order chi connectivity index (χ0) is 18.7. The van der Waals surface area contributed by atoms with E-state index in [2.05, 4.69) is 26.1 Å². The molecule has 2 amide bonds. The van der Waals surface area contributed by atoms with Gasteiger partial charge in [-0.25, -0.2) is 0 Å². The molecule has 2 aliphatic rings. The summed E-state index contributed by atoms with van der Waals surface area (Å²) in [6.45, 7) is 7.23. The van der Waals surface area contributed by atoms with Crippen molar-refractivity contribution in [2.24, 2.45) is 11.8 Å². The summed E-state index contributed by atoms with van der Waals surface area (Å²) in [4.78, 5) is 27.9. The lowest BCUT2D eigenvalue weighted by Crippen LogP contribution is -2.57. The number of ether oxygens (including phenoxy) is 1. The molecule has 5 nitrogen and oxygen atoms in total. The van der Waals surface area contributed by atoms with Crippen molar-refractivity contribution in [3.05, 3.63) is 35.9 Å². The number of amides is 2. The van der Waals surface area contributed by atoms with Crippen molar-refractivity contribution in [3.63, 3.8) is 0 Å². The van der Waals surface area contributed by atoms with Gasteiger partial charge in [-0.1, -0.05) is 39.0 Å². The fourth-order valence-corrected chi connectivity index (χ4v) is 3.92. The first-order valence-corrected chi connectivity index (χ1v) is 9.73. The molecule has 1 aliphatic heterocycles. The molecule has 1 heterocycles. The summed E-state index contributed by atoms with van der Waals surface area (Å²) >= 11 is 0. The highest BCUT2D eigenvalue weighted by molar-refractivity contribution is 5.98. The molecule has 1 aliphatic carbocycles. The average Bonchev–Trinajstić information content (AvgIpc) is 3.01. The van der Waals surface area contributed by atoms with Gasteiger partial charge in [-0.15, -0.1) is 0 Å². The summed E-state index contributed by atoms with van der Waals surface area (Å²) in [7, 11) is 0. The fourth-order valence-electron chi connectivity index (χ4n) is 3.92. The van der Waals surface area contributed by atoms with Crippen LogP contribution in [0.4, 0.5) is 0 Å². The molecule has 1 atom stereocenters. The van der Waals surface area contributed by atoms with Crippen LogP contribution in [-0.2, 0) is 9.53 Å². The van der Waals surface area contributed by atoms with Crippen LogP contribution in [0.2, 0.25) is 0 Å². The van der Waals surface area contributed by atoms with E-state index >= 15 is 0 Å². The van der Waals surface area contributed by atoms with E-state index in [1.54, 1.807) is 4.90 Å². The average molecular weight is 358 g/mol. The van der Waals surface area contributed by atoms with Crippen molar-refractivity contribution < 1.29 is 14.3 Å². The third-order valence-corrected chi connectivity index (χ3v) is 5.54. The van der Waals surface area contributed by atoms with Crippen molar-refractivity contribution in [1.29, 1.82) is 0 Å². The van der Waals surface area contributed by atoms with Gasteiger partial charge in [0.2, 0.25) is 5.91 Å². The molecule has 1 spiro atoms. The van der Waals surface area contributed by atoms with E-state index in [4.69, 9.17) is 4.74 Å². The standard InChI is InChI=1S/C21H30N2O3/c1-15(2)13-22-19(24)18-14-26-21(11-9-16(3)10-12-21)23(18)20(25)17-7-5-4-6-8-17/h4-8,15-16,18H,9-14H2,1-3H3,(H,22,24). The molecule has 26 heavy (non-hydrogen) atoms. The van der Waals surface area contributed by atoms with E-state index in [0.29, 0.717) is 23.9 Å². The number of hydrogen-bond acceptors (Lipinski definition) is 3. The van der Waals surface area contributed by atoms with E-state index in [0.717, 1.165) is 25.7 Å². The first kappa shape index (κ1) is 18.9. The third-order valence-electron chi connectivity index (χ3n) is 5.54. The van der Waals surface area contributed by atoms with Crippen LogP contribution in [0.5, 0.6) is 0 Å². The quantitative estimate of drug-likeness (QED) is 0.899. The Hall–Kier alpha value is -1.88. The first-order chi connectivity index (χ1) is 12.4. The highest BCUT2D eigenvalue weighted by Crippen LogP contribution is 2.43. The first-order valence-electron chi connectivity index (χ1n) is 9.73. The van der Waals surface area contributed by atoms with Crippen molar-refractivity contribution in [3.8, 4) is 0 Å². The maximum atomic E-state index is 13.3. The Morgan fingerprint density at radius 3 is 2.50 bits per heavy atom. The smallest absolute Gasteiger partial charge is 0.256 e. The topological polar surface area (TPSA) is 58.6 Å². The lowest BCUT2D eigenvalue weighted by molar-refractivity contribution is -0.128. The van der Waals surface area contributed by atoms with Crippen LogP contribution in [0.3, 0.4) is 0 Å². The molecule has 3 rings (SSSR count). The van der Waals surface area contributed by atoms with Gasteiger partial charge in [-0.05, 0) is 49.7 Å². The lowest BCUT2D eigenvalue weighted by Gasteiger charge is -2.43. The minimum Gasteiger partial charge on any atom is -0.354 e. The Morgan fingerprint density at radius 2 is 1.88 bits per heavy atom. The Labute approximate surface area is 156 Å². The maximum absolute atomic E-state index is 13.3. The van der Waals surface area contributed by atoms with E-state index in [1.807, 2.05) is 30.3 Å². The zero-order valence-electron chi connectivity index (χ0n) is 16.0. The maximum Gasteiger partial charge on any atom is 0.256 e. The van der Waals surface area contributed by atoms with Gasteiger partial charge in [0.05, 0.1) is 6.61 Å². The Balaban J connectivity index is 1.87. The van der Waals surface area contributed by atoms with Crippen LogP contribution in [0.15, 0.2) is 30.3 Å². The van der Waals surface area contributed by atoms with Gasteiger partial charge in [0.25, 0.3) is 5.91 Å². The van der Waals surface area contributed by atoms with Gasteiger partial charge in [0.1, 0.15) is 11.8 Å².